The van der Waals surface area contributed by atoms with Crippen LogP contribution in [0.1, 0.15) is 5.56 Å². The Kier molecular flexibility index (Phi) is 2.22. The highest BCUT2D eigenvalue weighted by molar-refractivity contribution is 5.70. The molecule has 0 aliphatic heterocycles. The first-order chi connectivity index (χ1) is 8.31. The number of aromatic amines is 1. The number of nitrogens with zero attached hydrogens (tertiary/aromatic N) is 3. The van der Waals surface area contributed by atoms with Crippen LogP contribution in [0.5, 0.6) is 0 Å². The van der Waals surface area contributed by atoms with Crippen LogP contribution in [0.25, 0.3) is 11.2 Å². The van der Waals surface area contributed by atoms with Crippen molar-refractivity contribution in [1.82, 2.24) is 19.9 Å². The highest BCUT2D eigenvalue weighted by Crippen LogP contribution is 2.15. The van der Waals surface area contributed by atoms with Crippen molar-refractivity contribution < 1.29 is 0 Å². The van der Waals surface area contributed by atoms with Crippen molar-refractivity contribution in [2.24, 2.45) is 0 Å². The summed E-state index contributed by atoms with van der Waals surface area (Å²) in [5.41, 5.74) is 3.66. The molecule has 1 aromatic carbocycles. The van der Waals surface area contributed by atoms with Crippen LogP contribution >= 0.6 is 0 Å². The molecule has 0 saturated carbocycles. The maximum Gasteiger partial charge on any atom is 0.229 e. The van der Waals surface area contributed by atoms with E-state index in [0.29, 0.717) is 11.6 Å². The number of aromatic nitrogens is 4. The lowest BCUT2D eigenvalue weighted by atomic mass is 10.2. The summed E-state index contributed by atoms with van der Waals surface area (Å²) in [6.45, 7) is 2.04. The highest BCUT2D eigenvalue weighted by atomic mass is 15.1. The average molecular weight is 225 g/mol. The molecule has 0 spiro atoms. The molecule has 3 rings (SSSR count). The molecule has 2 heterocycles. The van der Waals surface area contributed by atoms with Crippen LogP contribution in [0.3, 0.4) is 0 Å². The topological polar surface area (TPSA) is 66.5 Å². The Morgan fingerprint density at radius 3 is 3.06 bits per heavy atom. The van der Waals surface area contributed by atoms with Gasteiger partial charge in [-0.1, -0.05) is 12.1 Å². The van der Waals surface area contributed by atoms with Gasteiger partial charge in [0.25, 0.3) is 0 Å². The van der Waals surface area contributed by atoms with Crippen molar-refractivity contribution in [3.8, 4) is 0 Å². The molecule has 17 heavy (non-hydrogen) atoms. The highest BCUT2D eigenvalue weighted by Gasteiger charge is 2.01. The Bertz CT molecular complexity index is 659. The Balaban J connectivity index is 1.94. The van der Waals surface area contributed by atoms with Crippen molar-refractivity contribution in [2.45, 2.75) is 6.92 Å². The van der Waals surface area contributed by atoms with E-state index >= 15 is 0 Å². The van der Waals surface area contributed by atoms with E-state index in [1.54, 1.807) is 12.5 Å². The Labute approximate surface area is 98.0 Å². The number of aryl methyl sites for hydroxylation is 1. The third-order valence-corrected chi connectivity index (χ3v) is 2.45. The largest absolute Gasteiger partial charge is 0.342 e. The molecule has 3 aromatic rings. The number of hydrogen-bond donors (Lipinski definition) is 2. The summed E-state index contributed by atoms with van der Waals surface area (Å²) in [4.78, 5) is 15.6. The molecule has 0 unspecified atom stereocenters. The van der Waals surface area contributed by atoms with E-state index in [2.05, 4.69) is 25.3 Å². The lowest BCUT2D eigenvalue weighted by molar-refractivity contribution is 1.19. The Hall–Kier alpha value is -2.43. The van der Waals surface area contributed by atoms with Crippen molar-refractivity contribution in [2.75, 3.05) is 5.32 Å². The normalized spacial score (nSPS) is 10.6. The minimum Gasteiger partial charge on any atom is -0.342 e. The van der Waals surface area contributed by atoms with Gasteiger partial charge in [0.2, 0.25) is 5.95 Å². The molecule has 84 valence electrons. The summed E-state index contributed by atoms with van der Waals surface area (Å²) < 4.78 is 0. The second kappa shape index (κ2) is 3.86. The van der Waals surface area contributed by atoms with Gasteiger partial charge in [0.05, 0.1) is 12.5 Å². The number of hydrogen-bond acceptors (Lipinski definition) is 4. The molecular formula is C12H11N5. The van der Waals surface area contributed by atoms with Gasteiger partial charge < -0.3 is 10.3 Å². The zero-order chi connectivity index (χ0) is 11.7. The predicted molar refractivity (Wildman–Crippen MR) is 66.1 cm³/mol. The first kappa shape index (κ1) is 9.77. The van der Waals surface area contributed by atoms with Gasteiger partial charge in [0.1, 0.15) is 5.52 Å². The lowest BCUT2D eigenvalue weighted by Gasteiger charge is -2.04. The quantitative estimate of drug-likeness (QED) is 0.702. The SMILES string of the molecule is Cc1cccc(Nc2ncc3[nH]cnc3n2)c1. The fourth-order valence-electron chi connectivity index (χ4n) is 1.65. The standard InChI is InChI=1S/C12H11N5/c1-8-3-2-4-9(5-8)16-12-13-6-10-11(17-12)15-7-14-10/h2-7H,1H3,(H2,13,14,15,16,17). The molecule has 0 bridgehead atoms. The zero-order valence-electron chi connectivity index (χ0n) is 9.31. The third-order valence-electron chi connectivity index (χ3n) is 2.45. The van der Waals surface area contributed by atoms with E-state index < -0.39 is 0 Å². The molecule has 0 aliphatic rings. The summed E-state index contributed by atoms with van der Waals surface area (Å²) in [6, 6.07) is 8.05. The van der Waals surface area contributed by atoms with E-state index in [4.69, 9.17) is 0 Å². The number of imidazole rings is 1. The molecule has 0 radical (unpaired) electrons. The van der Waals surface area contributed by atoms with Crippen LogP contribution in [0.2, 0.25) is 0 Å². The van der Waals surface area contributed by atoms with Gasteiger partial charge in [-0.15, -0.1) is 0 Å². The third kappa shape index (κ3) is 1.94. The lowest BCUT2D eigenvalue weighted by Crippen LogP contribution is -1.96. The van der Waals surface area contributed by atoms with E-state index in [1.165, 1.54) is 5.56 Å². The maximum absolute atomic E-state index is 4.30. The van der Waals surface area contributed by atoms with Crippen LogP contribution in [-0.2, 0) is 0 Å². The second-order valence-corrected chi connectivity index (χ2v) is 3.83. The fraction of sp³-hybridized carbons (Fsp3) is 0.0833. The molecule has 0 amide bonds. The summed E-state index contributed by atoms with van der Waals surface area (Å²) in [5.74, 6) is 0.551. The zero-order valence-corrected chi connectivity index (χ0v) is 9.31. The average Bonchev–Trinajstić information content (AvgIpc) is 2.76. The van der Waals surface area contributed by atoms with E-state index in [1.807, 2.05) is 31.2 Å². The number of nitrogens with one attached hydrogen (secondary N) is 2. The van der Waals surface area contributed by atoms with Crippen LogP contribution in [-0.4, -0.2) is 19.9 Å². The predicted octanol–water partition coefficient (Wildman–Crippen LogP) is 2.40. The van der Waals surface area contributed by atoms with Gasteiger partial charge in [-0.2, -0.15) is 4.98 Å². The number of anilines is 2. The summed E-state index contributed by atoms with van der Waals surface area (Å²) >= 11 is 0. The monoisotopic (exact) mass is 225 g/mol. The van der Waals surface area contributed by atoms with Gasteiger partial charge >= 0.3 is 0 Å². The molecule has 0 saturated heterocycles. The molecule has 5 heteroatoms. The fourth-order valence-corrected chi connectivity index (χ4v) is 1.65. The van der Waals surface area contributed by atoms with Crippen LogP contribution < -0.4 is 5.32 Å². The number of benzene rings is 1. The van der Waals surface area contributed by atoms with Crippen LogP contribution in [0.4, 0.5) is 11.6 Å². The van der Waals surface area contributed by atoms with Gasteiger partial charge in [0.15, 0.2) is 5.65 Å². The van der Waals surface area contributed by atoms with Crippen molar-refractivity contribution in [3.05, 3.63) is 42.4 Å². The van der Waals surface area contributed by atoms with E-state index in [-0.39, 0.29) is 0 Å². The molecule has 0 aliphatic carbocycles. The van der Waals surface area contributed by atoms with Crippen molar-refractivity contribution >= 4 is 22.8 Å². The summed E-state index contributed by atoms with van der Waals surface area (Å²) in [7, 11) is 0. The van der Waals surface area contributed by atoms with Crippen LogP contribution in [0.15, 0.2) is 36.8 Å². The number of H-pyrrole nitrogens is 1. The molecule has 2 N–H and O–H groups in total. The van der Waals surface area contributed by atoms with Crippen molar-refractivity contribution in [1.29, 1.82) is 0 Å². The smallest absolute Gasteiger partial charge is 0.229 e. The second-order valence-electron chi connectivity index (χ2n) is 3.83. The summed E-state index contributed by atoms with van der Waals surface area (Å²) in [6.07, 6.45) is 3.32. The van der Waals surface area contributed by atoms with E-state index in [0.717, 1.165) is 11.2 Å². The minimum absolute atomic E-state index is 0.551. The maximum atomic E-state index is 4.30. The van der Waals surface area contributed by atoms with Crippen LogP contribution in [0, 0.1) is 6.92 Å². The van der Waals surface area contributed by atoms with Gasteiger partial charge in [-0.25, -0.2) is 9.97 Å². The first-order valence-corrected chi connectivity index (χ1v) is 5.31. The summed E-state index contributed by atoms with van der Waals surface area (Å²) in [5, 5.41) is 3.15. The number of fused-ring (bicyclic) bond motifs is 1. The van der Waals surface area contributed by atoms with E-state index in [9.17, 15) is 0 Å². The molecule has 2 aromatic heterocycles. The molecule has 5 nitrogen and oxygen atoms in total. The molecule has 0 atom stereocenters. The van der Waals surface area contributed by atoms with Gasteiger partial charge in [-0.3, -0.25) is 0 Å². The minimum atomic E-state index is 0.551. The first-order valence-electron chi connectivity index (χ1n) is 5.31. The molecule has 0 fully saturated rings. The van der Waals surface area contributed by atoms with Gasteiger partial charge in [0, 0.05) is 5.69 Å². The van der Waals surface area contributed by atoms with Gasteiger partial charge in [-0.05, 0) is 24.6 Å². The Morgan fingerprint density at radius 1 is 1.24 bits per heavy atom. The molecular weight excluding hydrogens is 214 g/mol. The number of rotatable bonds is 2. The van der Waals surface area contributed by atoms with Crippen molar-refractivity contribution in [3.63, 3.8) is 0 Å². The Morgan fingerprint density at radius 2 is 2.18 bits per heavy atom.